The van der Waals surface area contributed by atoms with E-state index in [1.54, 1.807) is 18.5 Å². The summed E-state index contributed by atoms with van der Waals surface area (Å²) in [6.07, 6.45) is 6.14. The van der Waals surface area contributed by atoms with Crippen LogP contribution in [0.1, 0.15) is 29.9 Å². The van der Waals surface area contributed by atoms with Crippen molar-refractivity contribution in [3.8, 4) is 11.3 Å². The molecular weight excluding hydrogens is 368 g/mol. The van der Waals surface area contributed by atoms with Crippen LogP contribution in [0.2, 0.25) is 0 Å². The molecule has 8 nitrogen and oxygen atoms in total. The van der Waals surface area contributed by atoms with Crippen molar-refractivity contribution in [2.24, 2.45) is 0 Å². The molecule has 1 aliphatic carbocycles. The molecule has 29 heavy (non-hydrogen) atoms. The van der Waals surface area contributed by atoms with Crippen molar-refractivity contribution in [3.63, 3.8) is 0 Å². The summed E-state index contributed by atoms with van der Waals surface area (Å²) in [6.45, 7) is 6.17. The van der Waals surface area contributed by atoms with Crippen LogP contribution in [0.25, 0.3) is 11.3 Å². The molecule has 0 aromatic carbocycles. The van der Waals surface area contributed by atoms with Gasteiger partial charge < -0.3 is 9.84 Å². The highest BCUT2D eigenvalue weighted by Crippen LogP contribution is 2.31. The van der Waals surface area contributed by atoms with E-state index in [1.165, 1.54) is 17.5 Å². The van der Waals surface area contributed by atoms with Gasteiger partial charge in [-0.3, -0.25) is 14.7 Å². The van der Waals surface area contributed by atoms with E-state index < -0.39 is 0 Å². The van der Waals surface area contributed by atoms with Gasteiger partial charge in [-0.2, -0.15) is 5.10 Å². The lowest BCUT2D eigenvalue weighted by Gasteiger charge is -2.40. The van der Waals surface area contributed by atoms with Crippen molar-refractivity contribution in [1.29, 1.82) is 0 Å². The minimum Gasteiger partial charge on any atom is -0.378 e. The van der Waals surface area contributed by atoms with Gasteiger partial charge in [0.15, 0.2) is 0 Å². The normalized spacial score (nSPS) is 17.3. The molecule has 1 saturated carbocycles. The summed E-state index contributed by atoms with van der Waals surface area (Å²) in [7, 11) is 0. The van der Waals surface area contributed by atoms with E-state index in [0.29, 0.717) is 24.0 Å². The molecule has 1 aliphatic heterocycles. The van der Waals surface area contributed by atoms with Crippen molar-refractivity contribution in [2.45, 2.75) is 45.3 Å². The molecule has 0 unspecified atom stereocenters. The first-order valence-corrected chi connectivity index (χ1v) is 10.0. The maximum absolute atomic E-state index is 12.6. The van der Waals surface area contributed by atoms with Crippen molar-refractivity contribution in [2.75, 3.05) is 18.4 Å². The number of aromatic nitrogens is 4. The van der Waals surface area contributed by atoms with Crippen molar-refractivity contribution < 1.29 is 4.52 Å². The summed E-state index contributed by atoms with van der Waals surface area (Å²) in [5.41, 5.74) is 3.95. The van der Waals surface area contributed by atoms with Gasteiger partial charge in [-0.05, 0) is 38.8 Å². The Morgan fingerprint density at radius 3 is 2.72 bits per heavy atom. The smallest absolute Gasteiger partial charge is 0.269 e. The Morgan fingerprint density at radius 2 is 2.03 bits per heavy atom. The Bertz CT molecular complexity index is 1080. The van der Waals surface area contributed by atoms with Crippen LogP contribution in [0.15, 0.2) is 39.9 Å². The van der Waals surface area contributed by atoms with Crippen LogP contribution >= 0.6 is 0 Å². The minimum absolute atomic E-state index is 0.151. The van der Waals surface area contributed by atoms with Gasteiger partial charge in [0.2, 0.25) is 0 Å². The number of likely N-dealkylation sites (tertiary alicyclic amines) is 1. The molecule has 0 spiro atoms. The molecule has 0 bridgehead atoms. The van der Waals surface area contributed by atoms with Crippen molar-refractivity contribution in [3.05, 3.63) is 58.0 Å². The Balaban J connectivity index is 1.31. The molecule has 0 radical (unpaired) electrons. The molecule has 3 aromatic rings. The highest BCUT2D eigenvalue weighted by Gasteiger charge is 2.37. The summed E-state index contributed by atoms with van der Waals surface area (Å²) in [6, 6.07) is 6.69. The number of nitrogens with one attached hydrogen (secondary N) is 1. The van der Waals surface area contributed by atoms with Gasteiger partial charge in [0.05, 0.1) is 24.5 Å². The van der Waals surface area contributed by atoms with Gasteiger partial charge in [-0.1, -0.05) is 5.16 Å². The van der Waals surface area contributed by atoms with Crippen LogP contribution in [0.4, 0.5) is 5.69 Å². The van der Waals surface area contributed by atoms with Gasteiger partial charge in [-0.15, -0.1) is 0 Å². The Hall–Kier alpha value is -3.00. The predicted molar refractivity (Wildman–Crippen MR) is 109 cm³/mol. The second-order valence-corrected chi connectivity index (χ2v) is 8.02. The van der Waals surface area contributed by atoms with Gasteiger partial charge in [0, 0.05) is 48.2 Å². The first kappa shape index (κ1) is 18.1. The SMILES string of the molecule is Cc1ccc(-c2noc(C)c2Cn2ncc(NC3CN(C4CC4)C3)cc2=O)cn1. The quantitative estimate of drug-likeness (QED) is 0.688. The molecule has 8 heteroatoms. The number of anilines is 1. The average Bonchev–Trinajstić information content (AvgIpc) is 3.44. The van der Waals surface area contributed by atoms with Gasteiger partial charge in [-0.25, -0.2) is 4.68 Å². The predicted octanol–water partition coefficient (Wildman–Crippen LogP) is 2.22. The Kier molecular flexibility index (Phi) is 4.43. The number of aryl methyl sites for hydroxylation is 2. The van der Waals surface area contributed by atoms with E-state index in [0.717, 1.165) is 41.6 Å². The van der Waals surface area contributed by atoms with E-state index >= 15 is 0 Å². The van der Waals surface area contributed by atoms with Crippen LogP contribution in [-0.4, -0.2) is 50.0 Å². The molecule has 3 aromatic heterocycles. The standard InChI is InChI=1S/C21H24N6O2/c1-13-3-4-15(8-22-13)21-19(14(2)29-25-21)12-27-20(28)7-16(9-23-27)24-17-10-26(11-17)18-5-6-18/h3-4,7-9,17-18,24H,5-6,10-12H2,1-2H3. The van der Waals surface area contributed by atoms with Gasteiger partial charge in [0.25, 0.3) is 5.56 Å². The maximum Gasteiger partial charge on any atom is 0.269 e. The third-order valence-electron chi connectivity index (χ3n) is 5.69. The summed E-state index contributed by atoms with van der Waals surface area (Å²) < 4.78 is 6.82. The number of pyridine rings is 1. The van der Waals surface area contributed by atoms with E-state index in [9.17, 15) is 4.79 Å². The maximum atomic E-state index is 12.6. The topological polar surface area (TPSA) is 89.1 Å². The third kappa shape index (κ3) is 3.67. The number of nitrogens with zero attached hydrogens (tertiary/aromatic N) is 5. The molecule has 1 N–H and O–H groups in total. The van der Waals surface area contributed by atoms with Crippen LogP contribution in [0.3, 0.4) is 0 Å². The fourth-order valence-electron chi connectivity index (χ4n) is 3.77. The highest BCUT2D eigenvalue weighted by atomic mass is 16.5. The fraction of sp³-hybridized carbons (Fsp3) is 0.429. The summed E-state index contributed by atoms with van der Waals surface area (Å²) in [5.74, 6) is 0.672. The Morgan fingerprint density at radius 1 is 1.21 bits per heavy atom. The lowest BCUT2D eigenvalue weighted by atomic mass is 10.1. The molecular formula is C21H24N6O2. The minimum atomic E-state index is -0.151. The van der Waals surface area contributed by atoms with Gasteiger partial charge in [0.1, 0.15) is 11.5 Å². The first-order valence-electron chi connectivity index (χ1n) is 10.0. The van der Waals surface area contributed by atoms with Crippen molar-refractivity contribution in [1.82, 2.24) is 24.8 Å². The zero-order valence-corrected chi connectivity index (χ0v) is 16.6. The number of hydrogen-bond donors (Lipinski definition) is 1. The van der Waals surface area contributed by atoms with Crippen LogP contribution in [-0.2, 0) is 6.54 Å². The second kappa shape index (κ2) is 7.11. The van der Waals surface area contributed by atoms with E-state index in [4.69, 9.17) is 4.52 Å². The first-order chi connectivity index (χ1) is 14.1. The summed E-state index contributed by atoms with van der Waals surface area (Å²) in [5, 5.41) is 11.9. The lowest BCUT2D eigenvalue weighted by Crippen LogP contribution is -2.55. The number of hydrogen-bond acceptors (Lipinski definition) is 7. The zero-order valence-electron chi connectivity index (χ0n) is 16.6. The summed E-state index contributed by atoms with van der Waals surface area (Å²) >= 11 is 0. The number of rotatable bonds is 6. The van der Waals surface area contributed by atoms with Crippen LogP contribution in [0, 0.1) is 13.8 Å². The largest absolute Gasteiger partial charge is 0.378 e. The van der Waals surface area contributed by atoms with E-state index in [2.05, 4.69) is 25.5 Å². The lowest BCUT2D eigenvalue weighted by molar-refractivity contribution is 0.152. The molecule has 150 valence electrons. The van der Waals surface area contributed by atoms with Crippen LogP contribution < -0.4 is 10.9 Å². The second-order valence-electron chi connectivity index (χ2n) is 8.02. The summed E-state index contributed by atoms with van der Waals surface area (Å²) in [4.78, 5) is 19.4. The molecule has 2 aliphatic rings. The average molecular weight is 392 g/mol. The van der Waals surface area contributed by atoms with Crippen LogP contribution in [0.5, 0.6) is 0 Å². The van der Waals surface area contributed by atoms with E-state index in [-0.39, 0.29) is 5.56 Å². The highest BCUT2D eigenvalue weighted by molar-refractivity contribution is 5.62. The molecule has 0 amide bonds. The molecule has 1 saturated heterocycles. The molecule has 5 rings (SSSR count). The Labute approximate surface area is 168 Å². The molecule has 2 fully saturated rings. The van der Waals surface area contributed by atoms with E-state index in [1.807, 2.05) is 26.0 Å². The van der Waals surface area contributed by atoms with Gasteiger partial charge >= 0.3 is 0 Å². The fourth-order valence-corrected chi connectivity index (χ4v) is 3.77. The molecule has 0 atom stereocenters. The third-order valence-corrected chi connectivity index (χ3v) is 5.69. The monoisotopic (exact) mass is 392 g/mol. The molecule has 4 heterocycles. The van der Waals surface area contributed by atoms with Crippen molar-refractivity contribution >= 4 is 5.69 Å². The zero-order chi connectivity index (χ0) is 20.0.